The van der Waals surface area contributed by atoms with Crippen LogP contribution >= 0.6 is 0 Å². The molecular formula is C16H23N5. The normalized spacial score (nSPS) is 23.2. The summed E-state index contributed by atoms with van der Waals surface area (Å²) < 4.78 is 0. The highest BCUT2D eigenvalue weighted by Gasteiger charge is 2.23. The first-order valence-corrected chi connectivity index (χ1v) is 7.58. The largest absolute Gasteiger partial charge is 0.367 e. The summed E-state index contributed by atoms with van der Waals surface area (Å²) in [6, 6.07) is 9.23. The Kier molecular flexibility index (Phi) is 3.92. The number of rotatable bonds is 3. The summed E-state index contributed by atoms with van der Waals surface area (Å²) in [6.07, 6.45) is 2.29. The van der Waals surface area contributed by atoms with E-state index in [0.717, 1.165) is 36.1 Å². The van der Waals surface area contributed by atoms with E-state index in [4.69, 9.17) is 0 Å². The van der Waals surface area contributed by atoms with E-state index in [0.29, 0.717) is 18.0 Å². The van der Waals surface area contributed by atoms with Gasteiger partial charge in [0.05, 0.1) is 5.52 Å². The lowest BCUT2D eigenvalue weighted by Crippen LogP contribution is -2.42. The third-order valence-electron chi connectivity index (χ3n) is 4.38. The predicted octanol–water partition coefficient (Wildman–Crippen LogP) is 2.57. The van der Waals surface area contributed by atoms with E-state index in [2.05, 4.69) is 45.5 Å². The molecule has 1 aromatic carbocycles. The van der Waals surface area contributed by atoms with Crippen molar-refractivity contribution >= 4 is 22.7 Å². The number of nitrogens with zero attached hydrogens (tertiary/aromatic N) is 3. The average molecular weight is 285 g/mol. The SMILES string of the molecule is CNc1nc(NC2CCN(C)C(C)C2)c2ccccc2n1. The van der Waals surface area contributed by atoms with Gasteiger partial charge in [-0.25, -0.2) is 4.98 Å². The van der Waals surface area contributed by atoms with E-state index < -0.39 is 0 Å². The molecule has 2 heterocycles. The lowest BCUT2D eigenvalue weighted by atomic mass is 9.99. The van der Waals surface area contributed by atoms with E-state index in [9.17, 15) is 0 Å². The first-order chi connectivity index (χ1) is 10.2. The molecule has 2 unspecified atom stereocenters. The molecule has 2 aromatic rings. The number of piperidine rings is 1. The van der Waals surface area contributed by atoms with Crippen LogP contribution in [0.4, 0.5) is 11.8 Å². The molecule has 0 amide bonds. The molecule has 0 radical (unpaired) electrons. The van der Waals surface area contributed by atoms with Crippen molar-refractivity contribution in [2.75, 3.05) is 31.3 Å². The molecular weight excluding hydrogens is 262 g/mol. The van der Waals surface area contributed by atoms with Crippen molar-refractivity contribution in [3.8, 4) is 0 Å². The minimum atomic E-state index is 0.471. The van der Waals surface area contributed by atoms with E-state index in [1.165, 1.54) is 0 Å². The number of hydrogen-bond acceptors (Lipinski definition) is 5. The van der Waals surface area contributed by atoms with Gasteiger partial charge in [-0.05, 0) is 38.9 Å². The van der Waals surface area contributed by atoms with Crippen molar-refractivity contribution in [2.45, 2.75) is 31.8 Å². The minimum absolute atomic E-state index is 0.471. The Labute approximate surface area is 125 Å². The number of para-hydroxylation sites is 1. The molecule has 2 N–H and O–H groups in total. The molecule has 0 bridgehead atoms. The van der Waals surface area contributed by atoms with Crippen molar-refractivity contribution < 1.29 is 0 Å². The predicted molar refractivity (Wildman–Crippen MR) is 87.8 cm³/mol. The fraction of sp³-hybridized carbons (Fsp3) is 0.500. The summed E-state index contributed by atoms with van der Waals surface area (Å²) in [5, 5.41) is 7.76. The summed E-state index contributed by atoms with van der Waals surface area (Å²) in [5.41, 5.74) is 0.973. The molecule has 1 aliphatic rings. The Hall–Kier alpha value is -1.88. The molecule has 1 fully saturated rings. The highest BCUT2D eigenvalue weighted by Crippen LogP contribution is 2.25. The molecule has 2 atom stereocenters. The van der Waals surface area contributed by atoms with Gasteiger partial charge in [-0.3, -0.25) is 0 Å². The smallest absolute Gasteiger partial charge is 0.224 e. The summed E-state index contributed by atoms with van der Waals surface area (Å²) in [4.78, 5) is 11.5. The fourth-order valence-electron chi connectivity index (χ4n) is 2.91. The van der Waals surface area contributed by atoms with Crippen LogP contribution in [0.1, 0.15) is 19.8 Å². The van der Waals surface area contributed by atoms with Gasteiger partial charge in [0, 0.05) is 31.1 Å². The first kappa shape index (κ1) is 14.1. The number of nitrogens with one attached hydrogen (secondary N) is 2. The van der Waals surface area contributed by atoms with Crippen LogP contribution in [-0.4, -0.2) is 47.6 Å². The molecule has 0 aliphatic carbocycles. The van der Waals surface area contributed by atoms with Gasteiger partial charge in [-0.15, -0.1) is 0 Å². The molecule has 1 aliphatic heterocycles. The van der Waals surface area contributed by atoms with Gasteiger partial charge in [0.1, 0.15) is 5.82 Å². The highest BCUT2D eigenvalue weighted by atomic mass is 15.2. The second-order valence-corrected chi connectivity index (χ2v) is 5.86. The first-order valence-electron chi connectivity index (χ1n) is 7.58. The third kappa shape index (κ3) is 2.93. The number of benzene rings is 1. The quantitative estimate of drug-likeness (QED) is 0.908. The van der Waals surface area contributed by atoms with Crippen LogP contribution in [0.2, 0.25) is 0 Å². The molecule has 1 saturated heterocycles. The van der Waals surface area contributed by atoms with Crippen LogP contribution in [0.15, 0.2) is 24.3 Å². The van der Waals surface area contributed by atoms with Crippen molar-refractivity contribution in [3.05, 3.63) is 24.3 Å². The van der Waals surface area contributed by atoms with E-state index in [-0.39, 0.29) is 0 Å². The monoisotopic (exact) mass is 285 g/mol. The zero-order chi connectivity index (χ0) is 14.8. The van der Waals surface area contributed by atoms with Gasteiger partial charge in [-0.2, -0.15) is 4.98 Å². The molecule has 5 heteroatoms. The maximum Gasteiger partial charge on any atom is 0.224 e. The average Bonchev–Trinajstić information content (AvgIpc) is 2.51. The maximum absolute atomic E-state index is 4.61. The second-order valence-electron chi connectivity index (χ2n) is 5.86. The number of fused-ring (bicyclic) bond motifs is 1. The molecule has 0 saturated carbocycles. The standard InChI is InChI=1S/C16H23N5/c1-11-10-12(8-9-21(11)3)18-15-13-6-4-5-7-14(13)19-16(17-2)20-15/h4-7,11-12H,8-10H2,1-3H3,(H2,17,18,19,20). The van der Waals surface area contributed by atoms with Crippen LogP contribution in [0.3, 0.4) is 0 Å². The Bertz CT molecular complexity index is 627. The van der Waals surface area contributed by atoms with E-state index in [1.54, 1.807) is 0 Å². The molecule has 3 rings (SSSR count). The number of likely N-dealkylation sites (tertiary alicyclic amines) is 1. The number of hydrogen-bond donors (Lipinski definition) is 2. The fourth-order valence-corrected chi connectivity index (χ4v) is 2.91. The molecule has 0 spiro atoms. The van der Waals surface area contributed by atoms with Crippen LogP contribution in [0, 0.1) is 0 Å². The topological polar surface area (TPSA) is 53.1 Å². The van der Waals surface area contributed by atoms with E-state index in [1.807, 2.05) is 25.2 Å². The number of anilines is 2. The van der Waals surface area contributed by atoms with Gasteiger partial charge >= 0.3 is 0 Å². The molecule has 5 nitrogen and oxygen atoms in total. The van der Waals surface area contributed by atoms with Crippen LogP contribution in [-0.2, 0) is 0 Å². The van der Waals surface area contributed by atoms with Crippen molar-refractivity contribution in [1.29, 1.82) is 0 Å². The molecule has 1 aromatic heterocycles. The Morgan fingerprint density at radius 3 is 2.81 bits per heavy atom. The van der Waals surface area contributed by atoms with E-state index >= 15 is 0 Å². The Morgan fingerprint density at radius 1 is 1.24 bits per heavy atom. The summed E-state index contributed by atoms with van der Waals surface area (Å²) in [7, 11) is 4.05. The van der Waals surface area contributed by atoms with Gasteiger partial charge in [0.15, 0.2) is 0 Å². The zero-order valence-electron chi connectivity index (χ0n) is 12.9. The Balaban J connectivity index is 1.89. The third-order valence-corrected chi connectivity index (χ3v) is 4.38. The highest BCUT2D eigenvalue weighted by molar-refractivity contribution is 5.90. The van der Waals surface area contributed by atoms with Gasteiger partial charge < -0.3 is 15.5 Å². The minimum Gasteiger partial charge on any atom is -0.367 e. The van der Waals surface area contributed by atoms with Crippen molar-refractivity contribution in [1.82, 2.24) is 14.9 Å². The summed E-state index contributed by atoms with van der Waals surface area (Å²) >= 11 is 0. The lowest BCUT2D eigenvalue weighted by molar-refractivity contribution is 0.190. The van der Waals surface area contributed by atoms with Gasteiger partial charge in [0.2, 0.25) is 5.95 Å². The van der Waals surface area contributed by atoms with Crippen molar-refractivity contribution in [2.24, 2.45) is 0 Å². The zero-order valence-corrected chi connectivity index (χ0v) is 12.9. The second kappa shape index (κ2) is 5.85. The number of aromatic nitrogens is 2. The summed E-state index contributed by atoms with van der Waals surface area (Å²) in [5.74, 6) is 1.60. The van der Waals surface area contributed by atoms with Crippen LogP contribution in [0.25, 0.3) is 10.9 Å². The molecule has 21 heavy (non-hydrogen) atoms. The van der Waals surface area contributed by atoms with Gasteiger partial charge in [0.25, 0.3) is 0 Å². The van der Waals surface area contributed by atoms with Crippen LogP contribution < -0.4 is 10.6 Å². The van der Waals surface area contributed by atoms with Gasteiger partial charge in [-0.1, -0.05) is 12.1 Å². The summed E-state index contributed by atoms with van der Waals surface area (Å²) in [6.45, 7) is 3.41. The molecule has 112 valence electrons. The van der Waals surface area contributed by atoms with Crippen LogP contribution in [0.5, 0.6) is 0 Å². The Morgan fingerprint density at radius 2 is 2.05 bits per heavy atom. The van der Waals surface area contributed by atoms with Crippen molar-refractivity contribution in [3.63, 3.8) is 0 Å². The maximum atomic E-state index is 4.61. The lowest BCUT2D eigenvalue weighted by Gasteiger charge is -2.35.